The van der Waals surface area contributed by atoms with Crippen LogP contribution >= 0.6 is 0 Å². The molecule has 55 valence electrons. The smallest absolute Gasteiger partial charge is 0.0805 e. The molecule has 0 fully saturated rings. The van der Waals surface area contributed by atoms with Crippen LogP contribution in [0.5, 0.6) is 0 Å². The maximum Gasteiger partial charge on any atom is 0.0805 e. The SMILES string of the molecule is C[CH]OCCCCCC. The average molecular weight is 129 g/mol. The third kappa shape index (κ3) is 7.96. The summed E-state index contributed by atoms with van der Waals surface area (Å²) in [5.74, 6) is 0. The van der Waals surface area contributed by atoms with Gasteiger partial charge in [0, 0.05) is 6.61 Å². The number of ether oxygens (including phenoxy) is 1. The molecule has 0 saturated heterocycles. The Morgan fingerprint density at radius 3 is 2.56 bits per heavy atom. The topological polar surface area (TPSA) is 9.23 Å². The van der Waals surface area contributed by atoms with Gasteiger partial charge in [0.2, 0.25) is 0 Å². The molecule has 1 radical (unpaired) electrons. The van der Waals surface area contributed by atoms with Gasteiger partial charge in [0.25, 0.3) is 0 Å². The van der Waals surface area contributed by atoms with Gasteiger partial charge in [-0.2, -0.15) is 0 Å². The number of hydrogen-bond donors (Lipinski definition) is 0. The lowest BCUT2D eigenvalue weighted by molar-refractivity contribution is 0.198. The summed E-state index contributed by atoms with van der Waals surface area (Å²) in [7, 11) is 0. The second-order valence-electron chi connectivity index (χ2n) is 2.17. The monoisotopic (exact) mass is 129 g/mol. The van der Waals surface area contributed by atoms with E-state index in [1.807, 2.05) is 6.92 Å². The molecule has 0 atom stereocenters. The van der Waals surface area contributed by atoms with Crippen LogP contribution in [0, 0.1) is 6.61 Å². The molecule has 0 aromatic carbocycles. The Bertz CT molecular complexity index is 37.8. The molecule has 0 heterocycles. The van der Waals surface area contributed by atoms with Crippen molar-refractivity contribution in [2.75, 3.05) is 6.61 Å². The standard InChI is InChI=1S/C8H17O/c1-3-5-6-7-8-9-4-2/h4H,3,5-8H2,1-2H3. The van der Waals surface area contributed by atoms with Crippen molar-refractivity contribution in [1.82, 2.24) is 0 Å². The molecule has 0 N–H and O–H groups in total. The van der Waals surface area contributed by atoms with Gasteiger partial charge < -0.3 is 4.74 Å². The fourth-order valence-corrected chi connectivity index (χ4v) is 0.730. The zero-order chi connectivity index (χ0) is 6.95. The molecular formula is C8H17O. The van der Waals surface area contributed by atoms with Crippen molar-refractivity contribution in [2.24, 2.45) is 0 Å². The summed E-state index contributed by atoms with van der Waals surface area (Å²) < 4.78 is 5.06. The van der Waals surface area contributed by atoms with E-state index in [0.717, 1.165) is 6.61 Å². The summed E-state index contributed by atoms with van der Waals surface area (Å²) in [5, 5.41) is 0. The fraction of sp³-hybridized carbons (Fsp3) is 0.875. The lowest BCUT2D eigenvalue weighted by Crippen LogP contribution is -1.88. The van der Waals surface area contributed by atoms with E-state index in [9.17, 15) is 0 Å². The zero-order valence-electron chi connectivity index (χ0n) is 6.52. The van der Waals surface area contributed by atoms with Gasteiger partial charge in [0.1, 0.15) is 0 Å². The summed E-state index contributed by atoms with van der Waals surface area (Å²) >= 11 is 0. The Morgan fingerprint density at radius 2 is 2.00 bits per heavy atom. The van der Waals surface area contributed by atoms with Crippen LogP contribution < -0.4 is 0 Å². The minimum atomic E-state index is 0.899. The number of unbranched alkanes of at least 4 members (excludes halogenated alkanes) is 3. The Hall–Kier alpha value is -0.0400. The van der Waals surface area contributed by atoms with Gasteiger partial charge in [0.05, 0.1) is 6.61 Å². The van der Waals surface area contributed by atoms with Gasteiger partial charge in [-0.3, -0.25) is 0 Å². The zero-order valence-corrected chi connectivity index (χ0v) is 6.52. The molecule has 0 aliphatic carbocycles. The van der Waals surface area contributed by atoms with Crippen LogP contribution in [0.1, 0.15) is 39.5 Å². The Morgan fingerprint density at radius 1 is 1.22 bits per heavy atom. The molecule has 9 heavy (non-hydrogen) atoms. The van der Waals surface area contributed by atoms with Crippen molar-refractivity contribution in [1.29, 1.82) is 0 Å². The van der Waals surface area contributed by atoms with Crippen molar-refractivity contribution < 1.29 is 4.74 Å². The lowest BCUT2D eigenvalue weighted by Gasteiger charge is -1.97. The van der Waals surface area contributed by atoms with Crippen LogP contribution in [-0.4, -0.2) is 6.61 Å². The van der Waals surface area contributed by atoms with E-state index < -0.39 is 0 Å². The van der Waals surface area contributed by atoms with Crippen molar-refractivity contribution in [3.05, 3.63) is 6.61 Å². The normalized spacial score (nSPS) is 10.0. The molecule has 0 amide bonds. The van der Waals surface area contributed by atoms with E-state index >= 15 is 0 Å². The first-order valence-corrected chi connectivity index (χ1v) is 3.81. The van der Waals surface area contributed by atoms with E-state index in [2.05, 4.69) is 6.92 Å². The molecule has 0 aliphatic heterocycles. The van der Waals surface area contributed by atoms with E-state index in [0.29, 0.717) is 0 Å². The highest BCUT2D eigenvalue weighted by Crippen LogP contribution is 1.98. The molecular weight excluding hydrogens is 112 g/mol. The predicted molar refractivity (Wildman–Crippen MR) is 40.1 cm³/mol. The molecule has 0 rings (SSSR count). The fourth-order valence-electron chi connectivity index (χ4n) is 0.730. The van der Waals surface area contributed by atoms with E-state index in [1.165, 1.54) is 25.7 Å². The van der Waals surface area contributed by atoms with Gasteiger partial charge >= 0.3 is 0 Å². The largest absolute Gasteiger partial charge is 0.376 e. The molecule has 1 heteroatoms. The summed E-state index contributed by atoms with van der Waals surface area (Å²) in [4.78, 5) is 0. The third-order valence-corrected chi connectivity index (χ3v) is 1.28. The third-order valence-electron chi connectivity index (χ3n) is 1.28. The first kappa shape index (κ1) is 8.96. The first-order valence-electron chi connectivity index (χ1n) is 3.81. The Labute approximate surface area is 58.4 Å². The second-order valence-corrected chi connectivity index (χ2v) is 2.17. The van der Waals surface area contributed by atoms with Crippen LogP contribution in [0.4, 0.5) is 0 Å². The molecule has 0 saturated carbocycles. The Balaban J connectivity index is 2.60. The predicted octanol–water partition coefficient (Wildman–Crippen LogP) is 2.76. The van der Waals surface area contributed by atoms with Crippen molar-refractivity contribution >= 4 is 0 Å². The van der Waals surface area contributed by atoms with Crippen LogP contribution in [0.2, 0.25) is 0 Å². The van der Waals surface area contributed by atoms with Crippen LogP contribution in [0.3, 0.4) is 0 Å². The van der Waals surface area contributed by atoms with Gasteiger partial charge in [-0.25, -0.2) is 0 Å². The molecule has 0 bridgehead atoms. The first-order chi connectivity index (χ1) is 4.41. The molecule has 0 unspecified atom stereocenters. The van der Waals surface area contributed by atoms with E-state index in [4.69, 9.17) is 4.74 Å². The maximum atomic E-state index is 5.06. The quantitative estimate of drug-likeness (QED) is 0.501. The summed E-state index contributed by atoms with van der Waals surface area (Å²) in [5.41, 5.74) is 0. The number of rotatable bonds is 6. The van der Waals surface area contributed by atoms with Crippen molar-refractivity contribution in [3.63, 3.8) is 0 Å². The second kappa shape index (κ2) is 7.96. The molecule has 0 aromatic heterocycles. The minimum absolute atomic E-state index is 0.899. The number of hydrogen-bond acceptors (Lipinski definition) is 1. The molecule has 0 spiro atoms. The molecule has 0 aromatic rings. The van der Waals surface area contributed by atoms with E-state index in [1.54, 1.807) is 6.61 Å². The summed E-state index contributed by atoms with van der Waals surface area (Å²) in [6.45, 7) is 6.79. The van der Waals surface area contributed by atoms with Gasteiger partial charge in [-0.15, -0.1) is 0 Å². The highest BCUT2D eigenvalue weighted by atomic mass is 16.5. The average Bonchev–Trinajstić information content (AvgIpc) is 1.89. The van der Waals surface area contributed by atoms with Gasteiger partial charge in [-0.05, 0) is 13.3 Å². The Kier molecular flexibility index (Phi) is 7.92. The van der Waals surface area contributed by atoms with Crippen LogP contribution in [0.25, 0.3) is 0 Å². The van der Waals surface area contributed by atoms with Crippen molar-refractivity contribution in [3.8, 4) is 0 Å². The molecule has 1 nitrogen and oxygen atoms in total. The summed E-state index contributed by atoms with van der Waals surface area (Å²) in [6.07, 6.45) is 5.16. The van der Waals surface area contributed by atoms with Gasteiger partial charge in [-0.1, -0.05) is 26.2 Å². The highest BCUT2D eigenvalue weighted by Gasteiger charge is 1.85. The minimum Gasteiger partial charge on any atom is -0.376 e. The van der Waals surface area contributed by atoms with Gasteiger partial charge in [0.15, 0.2) is 0 Å². The van der Waals surface area contributed by atoms with E-state index in [-0.39, 0.29) is 0 Å². The molecule has 0 aliphatic rings. The van der Waals surface area contributed by atoms with Crippen LogP contribution in [0.15, 0.2) is 0 Å². The maximum absolute atomic E-state index is 5.06. The summed E-state index contributed by atoms with van der Waals surface area (Å²) in [6, 6.07) is 0. The van der Waals surface area contributed by atoms with Crippen molar-refractivity contribution in [2.45, 2.75) is 39.5 Å². The highest BCUT2D eigenvalue weighted by molar-refractivity contribution is 4.41. The lowest BCUT2D eigenvalue weighted by atomic mass is 10.2. The van der Waals surface area contributed by atoms with Crippen LogP contribution in [-0.2, 0) is 4.74 Å².